The van der Waals surface area contributed by atoms with E-state index in [-0.39, 0.29) is 0 Å². The van der Waals surface area contributed by atoms with Crippen LogP contribution in [-0.2, 0) is 0 Å². The molecule has 0 aliphatic carbocycles. The van der Waals surface area contributed by atoms with E-state index >= 15 is 0 Å². The third-order valence-electron chi connectivity index (χ3n) is 8.69. The molecule has 1 aliphatic heterocycles. The Labute approximate surface area is 261 Å². The second-order valence-corrected chi connectivity index (χ2v) is 11.3. The molecule has 9 rings (SSSR count). The lowest BCUT2D eigenvalue weighted by molar-refractivity contribution is 0.488. The number of hydrogen-bond donors (Lipinski definition) is 0. The van der Waals surface area contributed by atoms with Crippen LogP contribution in [0.2, 0.25) is 0 Å². The maximum absolute atomic E-state index is 6.57. The minimum Gasteiger partial charge on any atom is -0.456 e. The maximum Gasteiger partial charge on any atom is 0.159 e. The Morgan fingerprint density at radius 3 is 1.82 bits per heavy atom. The third kappa shape index (κ3) is 4.21. The number of fused-ring (bicyclic) bond motifs is 8. The van der Waals surface area contributed by atoms with Gasteiger partial charge in [-0.25, -0.2) is 0 Å². The van der Waals surface area contributed by atoms with Gasteiger partial charge >= 0.3 is 0 Å². The largest absolute Gasteiger partial charge is 0.456 e. The van der Waals surface area contributed by atoms with Gasteiger partial charge in [0, 0.05) is 33.3 Å². The number of benzene rings is 7. The van der Waals surface area contributed by atoms with E-state index in [4.69, 9.17) is 9.15 Å². The summed E-state index contributed by atoms with van der Waals surface area (Å²) in [4.78, 5) is 2.31. The first-order valence-electron chi connectivity index (χ1n) is 15.2. The predicted molar refractivity (Wildman–Crippen MR) is 185 cm³/mol. The van der Waals surface area contributed by atoms with Crippen molar-refractivity contribution in [2.24, 2.45) is 0 Å². The first-order valence-corrected chi connectivity index (χ1v) is 15.2. The van der Waals surface area contributed by atoms with Crippen LogP contribution in [0.25, 0.3) is 55.3 Å². The van der Waals surface area contributed by atoms with Gasteiger partial charge in [0.25, 0.3) is 0 Å². The summed E-state index contributed by atoms with van der Waals surface area (Å²) in [5.74, 6) is 1.70. The Morgan fingerprint density at radius 2 is 1.02 bits per heavy atom. The van der Waals surface area contributed by atoms with Crippen LogP contribution >= 0.6 is 0 Å². The first kappa shape index (κ1) is 25.4. The topological polar surface area (TPSA) is 25.6 Å². The normalized spacial score (nSPS) is 11.7. The van der Waals surface area contributed by atoms with Crippen molar-refractivity contribution >= 4 is 39.0 Å². The Bertz CT molecular complexity index is 2350. The van der Waals surface area contributed by atoms with Crippen LogP contribution in [0.3, 0.4) is 0 Å². The molecule has 0 atom stereocenters. The predicted octanol–water partition coefficient (Wildman–Crippen LogP) is 12.2. The highest BCUT2D eigenvalue weighted by atomic mass is 16.5. The monoisotopic (exact) mass is 577 g/mol. The number of furan rings is 1. The molecule has 3 nitrogen and oxygen atoms in total. The van der Waals surface area contributed by atoms with E-state index in [1.54, 1.807) is 0 Å². The molecule has 0 amide bonds. The number of hydrogen-bond acceptors (Lipinski definition) is 3. The SMILES string of the molecule is c1ccc(-c2ccc(N(c3ccc4c(c3)-c3ccccc3Oc3ccccc3-4)c3cccc4c3oc3ccccc34)cc2)cc1. The highest BCUT2D eigenvalue weighted by Gasteiger charge is 2.24. The molecule has 0 saturated heterocycles. The molecule has 1 aliphatic rings. The Hall–Kier alpha value is -6.06. The van der Waals surface area contributed by atoms with Crippen molar-refractivity contribution in [1.82, 2.24) is 0 Å². The van der Waals surface area contributed by atoms with E-state index in [0.29, 0.717) is 0 Å². The number of anilines is 3. The fraction of sp³-hybridized carbons (Fsp3) is 0. The molecule has 1 aromatic heterocycles. The van der Waals surface area contributed by atoms with Gasteiger partial charge in [-0.2, -0.15) is 0 Å². The van der Waals surface area contributed by atoms with Gasteiger partial charge in [-0.3, -0.25) is 0 Å². The van der Waals surface area contributed by atoms with E-state index in [2.05, 4.69) is 126 Å². The zero-order valence-corrected chi connectivity index (χ0v) is 24.4. The molecule has 0 N–H and O–H groups in total. The standard InChI is InChI=1S/C42H27NO2/c1-2-11-28(12-3-1)29-21-23-30(24-22-29)43(38-17-10-16-36-34-14-5-9-20-41(34)45-42(36)38)31-25-26-32-33-13-4-7-18-39(33)44-40-19-8-6-15-35(40)37(32)27-31/h1-27H. The lowest BCUT2D eigenvalue weighted by Crippen LogP contribution is -2.10. The lowest BCUT2D eigenvalue weighted by Gasteiger charge is -2.27. The maximum atomic E-state index is 6.57. The summed E-state index contributed by atoms with van der Waals surface area (Å²) in [7, 11) is 0. The molecule has 8 aromatic rings. The van der Waals surface area contributed by atoms with E-state index < -0.39 is 0 Å². The highest BCUT2D eigenvalue weighted by Crippen LogP contribution is 2.49. The molecular formula is C42H27NO2. The van der Waals surface area contributed by atoms with Crippen molar-refractivity contribution in [1.29, 1.82) is 0 Å². The number of ether oxygens (including phenoxy) is 1. The summed E-state index contributed by atoms with van der Waals surface area (Å²) in [5, 5.41) is 2.20. The molecular weight excluding hydrogens is 550 g/mol. The van der Waals surface area contributed by atoms with Crippen LogP contribution in [-0.4, -0.2) is 0 Å². The van der Waals surface area contributed by atoms with Crippen LogP contribution in [0, 0.1) is 0 Å². The Balaban J connectivity index is 1.29. The fourth-order valence-corrected chi connectivity index (χ4v) is 6.57. The Morgan fingerprint density at radius 1 is 0.400 bits per heavy atom. The molecule has 0 spiro atoms. The summed E-state index contributed by atoms with van der Waals surface area (Å²) in [5.41, 5.74) is 11.6. The van der Waals surface area contributed by atoms with E-state index in [1.165, 1.54) is 11.1 Å². The molecule has 45 heavy (non-hydrogen) atoms. The van der Waals surface area contributed by atoms with Crippen LogP contribution in [0.5, 0.6) is 11.5 Å². The van der Waals surface area contributed by atoms with Gasteiger partial charge in [-0.1, -0.05) is 115 Å². The average molecular weight is 578 g/mol. The quantitative estimate of drug-likeness (QED) is 0.208. The van der Waals surface area contributed by atoms with Crippen molar-refractivity contribution in [2.75, 3.05) is 4.90 Å². The van der Waals surface area contributed by atoms with Crippen molar-refractivity contribution in [3.8, 4) is 44.9 Å². The summed E-state index contributed by atoms with van der Waals surface area (Å²) in [6.45, 7) is 0. The van der Waals surface area contributed by atoms with Gasteiger partial charge in [0.1, 0.15) is 17.1 Å². The zero-order valence-electron chi connectivity index (χ0n) is 24.4. The van der Waals surface area contributed by atoms with Gasteiger partial charge in [0.15, 0.2) is 5.58 Å². The van der Waals surface area contributed by atoms with Gasteiger partial charge in [-0.05, 0) is 70.8 Å². The molecule has 2 heterocycles. The van der Waals surface area contributed by atoms with Crippen molar-refractivity contribution in [2.45, 2.75) is 0 Å². The molecule has 0 unspecified atom stereocenters. The molecule has 3 heteroatoms. The summed E-state index contributed by atoms with van der Waals surface area (Å²) in [6.07, 6.45) is 0. The second-order valence-electron chi connectivity index (χ2n) is 11.3. The van der Waals surface area contributed by atoms with E-state index in [0.717, 1.165) is 72.8 Å². The number of rotatable bonds is 4. The molecule has 0 bridgehead atoms. The molecule has 7 aromatic carbocycles. The van der Waals surface area contributed by atoms with Crippen molar-refractivity contribution in [3.63, 3.8) is 0 Å². The number of para-hydroxylation sites is 4. The minimum absolute atomic E-state index is 0.846. The smallest absolute Gasteiger partial charge is 0.159 e. The lowest BCUT2D eigenvalue weighted by atomic mass is 9.93. The van der Waals surface area contributed by atoms with Crippen LogP contribution in [0.4, 0.5) is 17.1 Å². The molecule has 0 saturated carbocycles. The van der Waals surface area contributed by atoms with Gasteiger partial charge < -0.3 is 14.1 Å². The van der Waals surface area contributed by atoms with E-state index in [1.807, 2.05) is 42.5 Å². The highest BCUT2D eigenvalue weighted by molar-refractivity contribution is 6.10. The van der Waals surface area contributed by atoms with Gasteiger partial charge in [0.05, 0.1) is 5.69 Å². The number of nitrogens with zero attached hydrogens (tertiary/aromatic N) is 1. The summed E-state index contributed by atoms with van der Waals surface area (Å²) in [6, 6.07) is 57.2. The van der Waals surface area contributed by atoms with Gasteiger partial charge in [-0.15, -0.1) is 0 Å². The minimum atomic E-state index is 0.846. The summed E-state index contributed by atoms with van der Waals surface area (Å²) < 4.78 is 13.0. The third-order valence-corrected chi connectivity index (χ3v) is 8.69. The van der Waals surface area contributed by atoms with Crippen LogP contribution in [0.15, 0.2) is 168 Å². The van der Waals surface area contributed by atoms with Crippen molar-refractivity contribution in [3.05, 3.63) is 164 Å². The summed E-state index contributed by atoms with van der Waals surface area (Å²) >= 11 is 0. The second kappa shape index (κ2) is 10.3. The van der Waals surface area contributed by atoms with Gasteiger partial charge in [0.2, 0.25) is 0 Å². The average Bonchev–Trinajstić information content (AvgIpc) is 3.42. The van der Waals surface area contributed by atoms with E-state index in [9.17, 15) is 0 Å². The van der Waals surface area contributed by atoms with Crippen LogP contribution in [0.1, 0.15) is 0 Å². The van der Waals surface area contributed by atoms with Crippen molar-refractivity contribution < 1.29 is 9.15 Å². The van der Waals surface area contributed by atoms with Crippen LogP contribution < -0.4 is 9.64 Å². The fourth-order valence-electron chi connectivity index (χ4n) is 6.57. The molecule has 0 fully saturated rings. The Kier molecular flexibility index (Phi) is 5.82. The molecule has 0 radical (unpaired) electrons. The molecule has 212 valence electrons. The first-order chi connectivity index (χ1) is 22.3. The zero-order chi connectivity index (χ0) is 29.7.